The van der Waals surface area contributed by atoms with E-state index in [1.54, 1.807) is 29.6 Å². The van der Waals surface area contributed by atoms with Crippen molar-refractivity contribution in [1.29, 1.82) is 0 Å². The van der Waals surface area contributed by atoms with Crippen LogP contribution in [-0.2, 0) is 16.2 Å². The fraction of sp³-hybridized carbons (Fsp3) is 0.250. The molecule has 3 rings (SSSR count). The lowest BCUT2D eigenvalue weighted by Crippen LogP contribution is -2.32. The minimum atomic E-state index is -4.29. The molecule has 0 aliphatic carbocycles. The molecule has 13 heteroatoms. The zero-order valence-corrected chi connectivity index (χ0v) is 18.9. The Labute approximate surface area is 194 Å². The molecule has 1 unspecified atom stereocenters. The molecule has 8 nitrogen and oxygen atoms in total. The Morgan fingerprint density at radius 3 is 2.79 bits per heavy atom. The second-order valence-electron chi connectivity index (χ2n) is 6.69. The molecule has 2 amide bonds. The minimum absolute atomic E-state index is 0.270. The number of aromatic nitrogens is 2. The Kier molecular flexibility index (Phi) is 8.00. The summed E-state index contributed by atoms with van der Waals surface area (Å²) in [7, 11) is 0. The van der Waals surface area contributed by atoms with Crippen molar-refractivity contribution in [3.63, 3.8) is 0 Å². The van der Waals surface area contributed by atoms with Crippen molar-refractivity contribution in [2.45, 2.75) is 12.6 Å². The predicted octanol–water partition coefficient (Wildman–Crippen LogP) is 3.45. The molecule has 0 bridgehead atoms. The Hall–Kier alpha value is -3.03. The van der Waals surface area contributed by atoms with Crippen LogP contribution >= 0.6 is 11.3 Å². The van der Waals surface area contributed by atoms with Crippen LogP contribution < -0.4 is 15.4 Å². The van der Waals surface area contributed by atoms with Gasteiger partial charge in [-0.2, -0.15) is 17.1 Å². The Balaban J connectivity index is 1.52. The van der Waals surface area contributed by atoms with Gasteiger partial charge in [-0.25, -0.2) is 4.98 Å². The number of alkyl halides is 3. The summed E-state index contributed by atoms with van der Waals surface area (Å²) in [5.41, 5.74) is 1.39. The fourth-order valence-corrected chi connectivity index (χ4v) is 3.82. The summed E-state index contributed by atoms with van der Waals surface area (Å²) in [4.78, 5) is 28.5. The molecule has 0 radical (unpaired) electrons. The summed E-state index contributed by atoms with van der Waals surface area (Å²) in [5, 5.41) is 7.00. The number of halogens is 3. The maximum atomic E-state index is 12.3. The van der Waals surface area contributed by atoms with Crippen molar-refractivity contribution in [2.75, 3.05) is 24.7 Å². The molecule has 33 heavy (non-hydrogen) atoms. The van der Waals surface area contributed by atoms with Gasteiger partial charge in [0.1, 0.15) is 12.0 Å². The zero-order valence-electron chi connectivity index (χ0n) is 17.2. The number of nitrogens with one attached hydrogen (secondary N) is 2. The monoisotopic (exact) mass is 500 g/mol. The molecule has 1 atom stereocenters. The van der Waals surface area contributed by atoms with Gasteiger partial charge in [0.05, 0.1) is 54.6 Å². The standard InChI is InChI=1S/C20H19F3N4O4S2/c1-33(30)27-7-5-14(11-27)18(29)24-10-17(28)26-19-25-16(12-32-19)13-3-2-4-15(9-13)31-8-6-20(21,22)23/h2-5,7,9,11-12H,6,8,10H2,1H3,(H,24,29)(H,25,26,28). The quantitative estimate of drug-likeness (QED) is 0.438. The van der Waals surface area contributed by atoms with Gasteiger partial charge in [-0.1, -0.05) is 12.1 Å². The van der Waals surface area contributed by atoms with Gasteiger partial charge in [0, 0.05) is 10.9 Å². The Bertz CT molecular complexity index is 1110. The highest BCUT2D eigenvalue weighted by atomic mass is 32.2. The number of anilines is 1. The summed E-state index contributed by atoms with van der Waals surface area (Å²) in [6.07, 6.45) is -0.963. The van der Waals surface area contributed by atoms with Crippen LogP contribution in [0.5, 0.6) is 5.75 Å². The first-order chi connectivity index (χ1) is 15.6. The van der Waals surface area contributed by atoms with Gasteiger partial charge in [-0.05, 0) is 18.2 Å². The van der Waals surface area contributed by atoms with E-state index in [1.807, 2.05) is 0 Å². The molecule has 176 valence electrons. The molecule has 0 fully saturated rings. The summed E-state index contributed by atoms with van der Waals surface area (Å²) in [6, 6.07) is 7.94. The first-order valence-electron chi connectivity index (χ1n) is 9.46. The summed E-state index contributed by atoms with van der Waals surface area (Å²) < 4.78 is 54.7. The van der Waals surface area contributed by atoms with E-state index in [2.05, 4.69) is 15.6 Å². The number of hydrogen-bond donors (Lipinski definition) is 2. The second-order valence-corrected chi connectivity index (χ2v) is 8.82. The maximum Gasteiger partial charge on any atom is 0.392 e. The molecule has 0 spiro atoms. The lowest BCUT2D eigenvalue weighted by atomic mass is 10.2. The number of benzene rings is 1. The molecule has 0 aliphatic heterocycles. The SMILES string of the molecule is C[S+]([O-])n1ccc(C(=O)NCC(=O)Nc2nc(-c3cccc(OCCC(F)(F)F)c3)cs2)c1. The average molecular weight is 501 g/mol. The Morgan fingerprint density at radius 1 is 1.30 bits per heavy atom. The van der Waals surface area contributed by atoms with Crippen molar-refractivity contribution in [3.8, 4) is 17.0 Å². The van der Waals surface area contributed by atoms with E-state index in [0.29, 0.717) is 16.4 Å². The predicted molar refractivity (Wildman–Crippen MR) is 119 cm³/mol. The van der Waals surface area contributed by atoms with E-state index in [4.69, 9.17) is 4.74 Å². The summed E-state index contributed by atoms with van der Waals surface area (Å²) in [5.74, 6) is -0.706. The molecule has 0 saturated heterocycles. The molecule has 1 aromatic carbocycles. The number of nitrogens with zero attached hydrogens (tertiary/aromatic N) is 2. The van der Waals surface area contributed by atoms with Crippen LogP contribution in [0.25, 0.3) is 11.3 Å². The molecule has 0 aliphatic rings. The highest BCUT2D eigenvalue weighted by Crippen LogP contribution is 2.28. The number of hydrogen-bond acceptors (Lipinski definition) is 6. The molecule has 2 N–H and O–H groups in total. The van der Waals surface area contributed by atoms with Gasteiger partial charge in [-0.15, -0.1) is 11.3 Å². The van der Waals surface area contributed by atoms with Gasteiger partial charge in [0.2, 0.25) is 5.91 Å². The molecular weight excluding hydrogens is 481 g/mol. The Morgan fingerprint density at radius 2 is 2.09 bits per heavy atom. The number of ether oxygens (including phenoxy) is 1. The minimum Gasteiger partial charge on any atom is -0.593 e. The first kappa shape index (κ1) is 24.6. The van der Waals surface area contributed by atoms with Crippen LogP contribution in [0.4, 0.5) is 18.3 Å². The highest BCUT2D eigenvalue weighted by molar-refractivity contribution is 7.89. The smallest absolute Gasteiger partial charge is 0.392 e. The van der Waals surface area contributed by atoms with Crippen molar-refractivity contribution in [2.24, 2.45) is 0 Å². The van der Waals surface area contributed by atoms with E-state index in [-0.39, 0.29) is 17.9 Å². The van der Waals surface area contributed by atoms with Crippen molar-refractivity contribution in [1.82, 2.24) is 14.3 Å². The average Bonchev–Trinajstić information content (AvgIpc) is 3.41. The van der Waals surface area contributed by atoms with E-state index < -0.39 is 42.4 Å². The van der Waals surface area contributed by atoms with E-state index >= 15 is 0 Å². The number of rotatable bonds is 9. The van der Waals surface area contributed by atoms with Gasteiger partial charge in [-0.3, -0.25) is 9.59 Å². The molecule has 2 aromatic heterocycles. The van der Waals surface area contributed by atoms with Crippen LogP contribution in [0.2, 0.25) is 0 Å². The van der Waals surface area contributed by atoms with Crippen LogP contribution in [0, 0.1) is 0 Å². The zero-order chi connectivity index (χ0) is 24.0. The van der Waals surface area contributed by atoms with Crippen molar-refractivity contribution in [3.05, 3.63) is 53.7 Å². The molecular formula is C20H19F3N4O4S2. The molecule has 2 heterocycles. The third kappa shape index (κ3) is 7.51. The maximum absolute atomic E-state index is 12.3. The summed E-state index contributed by atoms with van der Waals surface area (Å²) in [6.45, 7) is -0.783. The van der Waals surface area contributed by atoms with Gasteiger partial charge < -0.3 is 19.9 Å². The third-order valence-electron chi connectivity index (χ3n) is 4.17. The molecule has 3 aromatic rings. The van der Waals surface area contributed by atoms with Crippen LogP contribution in [0.1, 0.15) is 16.8 Å². The van der Waals surface area contributed by atoms with Gasteiger partial charge in [0.25, 0.3) is 5.91 Å². The molecule has 0 saturated carbocycles. The number of carbonyl (C=O) groups is 2. The number of carbonyl (C=O) groups excluding carboxylic acids is 2. The lowest BCUT2D eigenvalue weighted by molar-refractivity contribution is -0.139. The van der Waals surface area contributed by atoms with Crippen molar-refractivity contribution < 1.29 is 32.0 Å². The van der Waals surface area contributed by atoms with Gasteiger partial charge >= 0.3 is 6.18 Å². The second kappa shape index (κ2) is 10.7. The number of thiazole rings is 1. The van der Waals surface area contributed by atoms with E-state index in [0.717, 1.165) is 11.3 Å². The van der Waals surface area contributed by atoms with Gasteiger partial charge in [0.15, 0.2) is 5.13 Å². The van der Waals surface area contributed by atoms with E-state index in [9.17, 15) is 27.3 Å². The fourth-order valence-electron chi connectivity index (χ4n) is 2.59. The van der Waals surface area contributed by atoms with Crippen molar-refractivity contribution >= 4 is 39.6 Å². The topological polar surface area (TPSA) is 108 Å². The van der Waals surface area contributed by atoms with E-state index in [1.165, 1.54) is 28.7 Å². The number of amides is 2. The first-order valence-corrected chi connectivity index (χ1v) is 11.9. The highest BCUT2D eigenvalue weighted by Gasteiger charge is 2.26. The van der Waals surface area contributed by atoms with Crippen LogP contribution in [-0.4, -0.2) is 50.9 Å². The van der Waals surface area contributed by atoms with Crippen LogP contribution in [0.15, 0.2) is 48.1 Å². The van der Waals surface area contributed by atoms with Crippen LogP contribution in [0.3, 0.4) is 0 Å². The largest absolute Gasteiger partial charge is 0.593 e. The normalized spacial score (nSPS) is 12.3. The third-order valence-corrected chi connectivity index (χ3v) is 5.75. The lowest BCUT2D eigenvalue weighted by Gasteiger charge is -2.09. The summed E-state index contributed by atoms with van der Waals surface area (Å²) >= 11 is -0.133.